The normalized spacial score (nSPS) is 10.6. The summed E-state index contributed by atoms with van der Waals surface area (Å²) in [5, 5.41) is 12.7. The van der Waals surface area contributed by atoms with E-state index >= 15 is 0 Å². The Morgan fingerprint density at radius 2 is 1.57 bits per heavy atom. The zero-order valence-corrected chi connectivity index (χ0v) is 16.0. The third-order valence-electron chi connectivity index (χ3n) is 3.96. The maximum atomic E-state index is 6.01. The number of oxazole rings is 1. The van der Waals surface area contributed by atoms with Crippen molar-refractivity contribution in [3.63, 3.8) is 0 Å². The fourth-order valence-corrected chi connectivity index (χ4v) is 3.27. The second-order valence-electron chi connectivity index (χ2n) is 5.73. The van der Waals surface area contributed by atoms with Crippen molar-refractivity contribution >= 4 is 28.0 Å². The number of hydrogen-bond acceptors (Lipinski definition) is 9. The predicted octanol–water partition coefficient (Wildman–Crippen LogP) is 4.20. The molecule has 3 N–H and O–H groups in total. The van der Waals surface area contributed by atoms with Crippen LogP contribution in [0.4, 0.5) is 16.7 Å². The van der Waals surface area contributed by atoms with Crippen LogP contribution in [0.1, 0.15) is 0 Å². The number of rotatable bonds is 6. The van der Waals surface area contributed by atoms with E-state index in [-0.39, 0.29) is 5.88 Å². The van der Waals surface area contributed by atoms with Crippen molar-refractivity contribution in [3.05, 3.63) is 48.5 Å². The highest BCUT2D eigenvalue weighted by atomic mass is 32.1. The van der Waals surface area contributed by atoms with Crippen LogP contribution in [0.2, 0.25) is 0 Å². The molecule has 2 aromatic carbocycles. The molecule has 0 bridgehead atoms. The number of benzene rings is 2. The molecule has 0 aliphatic rings. The topological polar surface area (TPSA) is 108 Å². The van der Waals surface area contributed by atoms with E-state index in [4.69, 9.17) is 19.6 Å². The van der Waals surface area contributed by atoms with Crippen molar-refractivity contribution in [2.45, 2.75) is 0 Å². The lowest BCUT2D eigenvalue weighted by Gasteiger charge is -2.03. The van der Waals surface area contributed by atoms with Gasteiger partial charge in [0.1, 0.15) is 11.5 Å². The van der Waals surface area contributed by atoms with Gasteiger partial charge in [0, 0.05) is 11.3 Å². The zero-order chi connectivity index (χ0) is 19.5. The number of anilines is 3. The molecule has 0 unspecified atom stereocenters. The lowest BCUT2D eigenvalue weighted by molar-refractivity contribution is 0.414. The maximum Gasteiger partial charge on any atom is 0.229 e. The molecule has 0 saturated heterocycles. The second-order valence-corrected chi connectivity index (χ2v) is 6.70. The van der Waals surface area contributed by atoms with Crippen molar-refractivity contribution < 1.29 is 13.9 Å². The van der Waals surface area contributed by atoms with Gasteiger partial charge >= 0.3 is 0 Å². The average molecular weight is 395 g/mol. The third kappa shape index (κ3) is 3.60. The van der Waals surface area contributed by atoms with Gasteiger partial charge in [-0.15, -0.1) is 10.2 Å². The Hall–Kier alpha value is -3.59. The number of nitrogens with zero attached hydrogens (tertiary/aromatic N) is 3. The Morgan fingerprint density at radius 1 is 0.929 bits per heavy atom. The number of nitrogens with one attached hydrogen (secondary N) is 1. The number of hydrogen-bond donors (Lipinski definition) is 2. The van der Waals surface area contributed by atoms with Gasteiger partial charge in [0.25, 0.3) is 0 Å². The van der Waals surface area contributed by atoms with Crippen LogP contribution in [0.5, 0.6) is 11.5 Å². The van der Waals surface area contributed by atoms with E-state index in [1.807, 2.05) is 48.5 Å². The fraction of sp³-hybridized carbons (Fsp3) is 0.105. The summed E-state index contributed by atoms with van der Waals surface area (Å²) in [6, 6.07) is 14.9. The van der Waals surface area contributed by atoms with Crippen molar-refractivity contribution in [3.8, 4) is 33.7 Å². The van der Waals surface area contributed by atoms with E-state index in [1.165, 1.54) is 11.3 Å². The molecule has 0 spiro atoms. The first-order valence-electron chi connectivity index (χ1n) is 8.32. The molecule has 0 fully saturated rings. The molecule has 4 rings (SSSR count). The molecule has 0 aliphatic heterocycles. The third-order valence-corrected chi connectivity index (χ3v) is 4.80. The lowest BCUT2D eigenvalue weighted by atomic mass is 10.2. The number of nitrogens with two attached hydrogens (primary N) is 1. The molecule has 0 atom stereocenters. The van der Waals surface area contributed by atoms with E-state index < -0.39 is 0 Å². The first-order chi connectivity index (χ1) is 13.7. The molecule has 142 valence electrons. The van der Waals surface area contributed by atoms with Crippen molar-refractivity contribution in [2.75, 3.05) is 25.3 Å². The van der Waals surface area contributed by atoms with Gasteiger partial charge < -0.3 is 24.9 Å². The lowest BCUT2D eigenvalue weighted by Crippen LogP contribution is -1.89. The van der Waals surface area contributed by atoms with Crippen LogP contribution in [0.15, 0.2) is 52.9 Å². The minimum Gasteiger partial charge on any atom is -0.497 e. The number of methoxy groups -OCH3 is 2. The summed E-state index contributed by atoms with van der Waals surface area (Å²) in [5.74, 6) is 2.14. The minimum atomic E-state index is 0.193. The summed E-state index contributed by atoms with van der Waals surface area (Å²) in [6.45, 7) is 0. The zero-order valence-electron chi connectivity index (χ0n) is 15.2. The molecular formula is C19H17N5O3S. The molecule has 0 aliphatic carbocycles. The van der Waals surface area contributed by atoms with Crippen LogP contribution < -0.4 is 20.5 Å². The van der Waals surface area contributed by atoms with Crippen LogP contribution in [-0.2, 0) is 0 Å². The Morgan fingerprint density at radius 3 is 2.21 bits per heavy atom. The molecule has 0 amide bonds. The van der Waals surface area contributed by atoms with Gasteiger partial charge in [-0.1, -0.05) is 11.3 Å². The van der Waals surface area contributed by atoms with Gasteiger partial charge in [-0.25, -0.2) is 4.98 Å². The highest BCUT2D eigenvalue weighted by Crippen LogP contribution is 2.34. The van der Waals surface area contributed by atoms with Gasteiger partial charge in [-0.3, -0.25) is 0 Å². The SMILES string of the molecule is COc1ccc(Nc2nnc(-c3nc(-c4ccc(OC)cc4)oc3N)s2)cc1. The van der Waals surface area contributed by atoms with E-state index in [1.54, 1.807) is 14.2 Å². The highest BCUT2D eigenvalue weighted by molar-refractivity contribution is 7.18. The molecule has 9 heteroatoms. The first kappa shape index (κ1) is 17.8. The summed E-state index contributed by atoms with van der Waals surface area (Å²) in [6.07, 6.45) is 0. The molecular weight excluding hydrogens is 378 g/mol. The van der Waals surface area contributed by atoms with Gasteiger partial charge in [0.2, 0.25) is 16.9 Å². The van der Waals surface area contributed by atoms with E-state index in [0.717, 1.165) is 22.7 Å². The summed E-state index contributed by atoms with van der Waals surface area (Å²) < 4.78 is 15.9. The standard InChI is InChI=1S/C19H17N5O3S/c1-25-13-7-3-11(4-8-13)17-22-15(16(20)27-17)18-23-24-19(28-18)21-12-5-9-14(26-2)10-6-12/h3-10H,20H2,1-2H3,(H,21,24). The molecule has 4 aromatic rings. The largest absolute Gasteiger partial charge is 0.497 e. The summed E-state index contributed by atoms with van der Waals surface area (Å²) in [5.41, 5.74) is 8.14. The molecule has 0 saturated carbocycles. The predicted molar refractivity (Wildman–Crippen MR) is 108 cm³/mol. The molecule has 0 radical (unpaired) electrons. The maximum absolute atomic E-state index is 6.01. The van der Waals surface area contributed by atoms with Gasteiger partial charge in [-0.05, 0) is 48.5 Å². The van der Waals surface area contributed by atoms with Crippen LogP contribution in [0.25, 0.3) is 22.2 Å². The molecule has 2 aromatic heterocycles. The van der Waals surface area contributed by atoms with Crippen LogP contribution in [0.3, 0.4) is 0 Å². The quantitative estimate of drug-likeness (QED) is 0.500. The summed E-state index contributed by atoms with van der Waals surface area (Å²) >= 11 is 1.33. The Bertz CT molecular complexity index is 1070. The monoisotopic (exact) mass is 395 g/mol. The number of nitrogen functional groups attached to an aromatic ring is 1. The molecule has 2 heterocycles. The van der Waals surface area contributed by atoms with Gasteiger partial charge in [0.05, 0.1) is 14.2 Å². The fourth-order valence-electron chi connectivity index (χ4n) is 2.51. The van der Waals surface area contributed by atoms with E-state index in [0.29, 0.717) is 21.7 Å². The van der Waals surface area contributed by atoms with Crippen LogP contribution >= 0.6 is 11.3 Å². The Labute approximate surface area is 165 Å². The van der Waals surface area contributed by atoms with Crippen LogP contribution in [-0.4, -0.2) is 29.4 Å². The van der Waals surface area contributed by atoms with Gasteiger partial charge in [0.15, 0.2) is 10.7 Å². The van der Waals surface area contributed by atoms with Crippen molar-refractivity contribution in [1.29, 1.82) is 0 Å². The van der Waals surface area contributed by atoms with Crippen molar-refractivity contribution in [2.24, 2.45) is 0 Å². The summed E-state index contributed by atoms with van der Waals surface area (Å²) in [7, 11) is 3.24. The Balaban J connectivity index is 1.55. The summed E-state index contributed by atoms with van der Waals surface area (Å²) in [4.78, 5) is 4.48. The smallest absolute Gasteiger partial charge is 0.229 e. The van der Waals surface area contributed by atoms with Crippen LogP contribution in [0, 0.1) is 0 Å². The van der Waals surface area contributed by atoms with E-state index in [9.17, 15) is 0 Å². The molecule has 28 heavy (non-hydrogen) atoms. The van der Waals surface area contributed by atoms with E-state index in [2.05, 4.69) is 20.5 Å². The van der Waals surface area contributed by atoms with Crippen molar-refractivity contribution in [1.82, 2.24) is 15.2 Å². The first-order valence-corrected chi connectivity index (χ1v) is 9.13. The number of aromatic nitrogens is 3. The highest BCUT2D eigenvalue weighted by Gasteiger charge is 2.18. The number of ether oxygens (including phenoxy) is 2. The Kier molecular flexibility index (Phi) is 4.81. The molecule has 8 nitrogen and oxygen atoms in total. The van der Waals surface area contributed by atoms with Gasteiger partial charge in [-0.2, -0.15) is 0 Å². The average Bonchev–Trinajstić information content (AvgIpc) is 3.35. The second kappa shape index (κ2) is 7.57. The minimum absolute atomic E-state index is 0.193.